The summed E-state index contributed by atoms with van der Waals surface area (Å²) in [4.78, 5) is 4.00. The maximum Gasteiger partial charge on any atom is 0.416 e. The van der Waals surface area contributed by atoms with Crippen LogP contribution in [0.15, 0.2) is 30.5 Å². The Hall–Kier alpha value is -1.83. The van der Waals surface area contributed by atoms with Gasteiger partial charge in [-0.1, -0.05) is 6.07 Å². The van der Waals surface area contributed by atoms with Crippen LogP contribution in [0.5, 0.6) is 0 Å². The summed E-state index contributed by atoms with van der Waals surface area (Å²) in [5.41, 5.74) is -0.0959. The van der Waals surface area contributed by atoms with E-state index in [1.54, 1.807) is 6.07 Å². The number of rotatable bonds is 5. The average molecular weight is 358 g/mol. The first kappa shape index (κ1) is 17.0. The molecule has 0 bridgehead atoms. The molecule has 0 spiro atoms. The van der Waals surface area contributed by atoms with Crippen molar-refractivity contribution in [3.8, 4) is 0 Å². The lowest BCUT2D eigenvalue weighted by molar-refractivity contribution is -0.137. The van der Waals surface area contributed by atoms with Crippen molar-refractivity contribution in [1.29, 1.82) is 0 Å². The summed E-state index contributed by atoms with van der Waals surface area (Å²) in [5.74, 6) is 0.119. The van der Waals surface area contributed by atoms with Crippen LogP contribution in [0.2, 0.25) is 0 Å². The summed E-state index contributed by atoms with van der Waals surface area (Å²) >= 11 is 0. The highest BCUT2D eigenvalue weighted by molar-refractivity contribution is 7.90. The summed E-state index contributed by atoms with van der Waals surface area (Å²) in [6.07, 6.45) is -0.0933. The predicted octanol–water partition coefficient (Wildman–Crippen LogP) is 3.49. The second kappa shape index (κ2) is 5.61. The molecule has 1 aliphatic carbocycles. The van der Waals surface area contributed by atoms with Crippen LogP contribution in [0.3, 0.4) is 0 Å². The van der Waals surface area contributed by atoms with Gasteiger partial charge < -0.3 is 5.32 Å². The van der Waals surface area contributed by atoms with Crippen LogP contribution in [0.4, 0.5) is 18.9 Å². The smallest absolute Gasteiger partial charge is 0.384 e. The number of anilines is 1. The summed E-state index contributed by atoms with van der Waals surface area (Å²) in [6, 6.07) is 5.12. The fourth-order valence-electron chi connectivity index (χ4n) is 2.87. The number of hydrogen-bond acceptors (Lipinski definition) is 4. The number of halogens is 3. The molecule has 0 amide bonds. The number of hydrogen-bond donors (Lipinski definition) is 1. The van der Waals surface area contributed by atoms with Crippen LogP contribution in [0.25, 0.3) is 10.9 Å². The molecular formula is C16H17F3N2O2S. The third kappa shape index (κ3) is 3.80. The minimum Gasteiger partial charge on any atom is -0.384 e. The molecule has 130 valence electrons. The van der Waals surface area contributed by atoms with E-state index >= 15 is 0 Å². The second-order valence-corrected chi connectivity index (χ2v) is 8.65. The van der Waals surface area contributed by atoms with Crippen molar-refractivity contribution < 1.29 is 21.6 Å². The van der Waals surface area contributed by atoms with Crippen LogP contribution in [0, 0.1) is 5.41 Å². The first-order chi connectivity index (χ1) is 11.1. The highest BCUT2D eigenvalue weighted by Gasteiger charge is 2.45. The molecule has 1 aromatic heterocycles. The molecular weight excluding hydrogens is 341 g/mol. The standard InChI is InChI=1S/C16H17F3N2O2S/c1-24(22,23)10-15(5-6-15)9-21-13-4-7-20-14-8-11(16(17,18)19)2-3-12(13)14/h2-4,7-8H,5-6,9-10H2,1H3,(H,20,21). The lowest BCUT2D eigenvalue weighted by Crippen LogP contribution is -2.24. The largest absolute Gasteiger partial charge is 0.416 e. The molecule has 2 aromatic rings. The van der Waals surface area contributed by atoms with Gasteiger partial charge in [0.05, 0.1) is 16.8 Å². The Bertz CT molecular complexity index is 875. The number of sulfone groups is 1. The normalized spacial score (nSPS) is 17.0. The van der Waals surface area contributed by atoms with Crippen molar-refractivity contribution in [2.45, 2.75) is 19.0 Å². The lowest BCUT2D eigenvalue weighted by Gasteiger charge is -2.17. The molecule has 4 nitrogen and oxygen atoms in total. The van der Waals surface area contributed by atoms with Gasteiger partial charge in [0.1, 0.15) is 9.84 Å². The van der Waals surface area contributed by atoms with Crippen molar-refractivity contribution in [2.24, 2.45) is 5.41 Å². The molecule has 0 saturated heterocycles. The first-order valence-electron chi connectivity index (χ1n) is 7.46. The zero-order valence-electron chi connectivity index (χ0n) is 13.0. The number of nitrogens with zero attached hydrogens (tertiary/aromatic N) is 1. The second-order valence-electron chi connectivity index (χ2n) is 6.51. The van der Waals surface area contributed by atoms with Crippen molar-refractivity contribution in [3.05, 3.63) is 36.0 Å². The summed E-state index contributed by atoms with van der Waals surface area (Å²) in [7, 11) is -3.07. The van der Waals surface area contributed by atoms with E-state index < -0.39 is 21.6 Å². The monoisotopic (exact) mass is 358 g/mol. The average Bonchev–Trinajstić information content (AvgIpc) is 3.21. The van der Waals surface area contributed by atoms with Crippen LogP contribution in [-0.2, 0) is 16.0 Å². The molecule has 1 heterocycles. The lowest BCUT2D eigenvalue weighted by atomic mass is 10.1. The Morgan fingerprint density at radius 2 is 1.96 bits per heavy atom. The molecule has 1 saturated carbocycles. The molecule has 3 rings (SSSR count). The van der Waals surface area contributed by atoms with E-state index in [9.17, 15) is 21.6 Å². The fourth-order valence-corrected chi connectivity index (χ4v) is 4.37. The van der Waals surface area contributed by atoms with E-state index in [1.165, 1.54) is 18.5 Å². The third-order valence-corrected chi connectivity index (χ3v) is 5.39. The van der Waals surface area contributed by atoms with E-state index in [-0.39, 0.29) is 16.7 Å². The van der Waals surface area contributed by atoms with Gasteiger partial charge in [0.2, 0.25) is 0 Å². The minimum absolute atomic E-state index is 0.119. The molecule has 0 aliphatic heterocycles. The number of aromatic nitrogens is 1. The zero-order chi connectivity index (χ0) is 17.6. The van der Waals surface area contributed by atoms with Crippen LogP contribution < -0.4 is 5.32 Å². The maximum absolute atomic E-state index is 12.8. The number of alkyl halides is 3. The van der Waals surface area contributed by atoms with E-state index in [0.29, 0.717) is 17.6 Å². The Labute approximate surface area is 138 Å². The van der Waals surface area contributed by atoms with Gasteiger partial charge in [-0.3, -0.25) is 4.98 Å². The summed E-state index contributed by atoms with van der Waals surface area (Å²) < 4.78 is 61.4. The SMILES string of the molecule is CS(=O)(=O)CC1(CNc2ccnc3cc(C(F)(F)F)ccc23)CC1. The van der Waals surface area contributed by atoms with Crippen LogP contribution in [0.1, 0.15) is 18.4 Å². The summed E-state index contributed by atoms with van der Waals surface area (Å²) in [6.45, 7) is 0.472. The molecule has 24 heavy (non-hydrogen) atoms. The number of fused-ring (bicyclic) bond motifs is 1. The van der Waals surface area contributed by atoms with Crippen molar-refractivity contribution >= 4 is 26.4 Å². The number of nitrogens with one attached hydrogen (secondary N) is 1. The van der Waals surface area contributed by atoms with Crippen molar-refractivity contribution in [3.63, 3.8) is 0 Å². The van der Waals surface area contributed by atoms with Crippen molar-refractivity contribution in [2.75, 3.05) is 23.9 Å². The van der Waals surface area contributed by atoms with Gasteiger partial charge in [-0.2, -0.15) is 13.2 Å². The van der Waals surface area contributed by atoms with E-state index in [1.807, 2.05) is 0 Å². The Kier molecular flexibility index (Phi) is 3.98. The molecule has 1 N–H and O–H groups in total. The van der Waals surface area contributed by atoms with Gasteiger partial charge >= 0.3 is 6.18 Å². The van der Waals surface area contributed by atoms with Crippen molar-refractivity contribution in [1.82, 2.24) is 4.98 Å². The fraction of sp³-hybridized carbons (Fsp3) is 0.438. The topological polar surface area (TPSA) is 59.1 Å². The Balaban J connectivity index is 1.83. The van der Waals surface area contributed by atoms with E-state index in [2.05, 4.69) is 10.3 Å². The van der Waals surface area contributed by atoms with Gasteiger partial charge in [-0.15, -0.1) is 0 Å². The molecule has 0 radical (unpaired) electrons. The molecule has 0 unspecified atom stereocenters. The molecule has 8 heteroatoms. The van der Waals surface area contributed by atoms with Gasteiger partial charge in [0.25, 0.3) is 0 Å². The highest BCUT2D eigenvalue weighted by atomic mass is 32.2. The van der Waals surface area contributed by atoms with Crippen LogP contribution in [-0.4, -0.2) is 32.0 Å². The van der Waals surface area contributed by atoms with Gasteiger partial charge in [-0.25, -0.2) is 8.42 Å². The van der Waals surface area contributed by atoms with Gasteiger partial charge in [-0.05, 0) is 31.0 Å². The molecule has 1 aliphatic rings. The van der Waals surface area contributed by atoms with Crippen LogP contribution >= 0.6 is 0 Å². The maximum atomic E-state index is 12.8. The van der Waals surface area contributed by atoms with E-state index in [0.717, 1.165) is 25.0 Å². The molecule has 1 aromatic carbocycles. The number of pyridine rings is 1. The van der Waals surface area contributed by atoms with E-state index in [4.69, 9.17) is 0 Å². The Morgan fingerprint density at radius 1 is 1.25 bits per heavy atom. The third-order valence-electron chi connectivity index (χ3n) is 4.25. The van der Waals surface area contributed by atoms with Gasteiger partial charge in [0.15, 0.2) is 0 Å². The Morgan fingerprint density at radius 3 is 2.54 bits per heavy atom. The first-order valence-corrected chi connectivity index (χ1v) is 9.52. The molecule has 0 atom stereocenters. The number of benzene rings is 1. The highest BCUT2D eigenvalue weighted by Crippen LogP contribution is 2.47. The molecule has 1 fully saturated rings. The van der Waals surface area contributed by atoms with Gasteiger partial charge in [0, 0.05) is 35.5 Å². The quantitative estimate of drug-likeness (QED) is 0.889. The predicted molar refractivity (Wildman–Crippen MR) is 86.6 cm³/mol. The zero-order valence-corrected chi connectivity index (χ0v) is 13.8. The minimum atomic E-state index is -4.41. The summed E-state index contributed by atoms with van der Waals surface area (Å²) in [5, 5.41) is 3.77.